The zero-order valence-corrected chi connectivity index (χ0v) is 17.0. The summed E-state index contributed by atoms with van der Waals surface area (Å²) in [6.07, 6.45) is 0.689. The third-order valence-corrected chi connectivity index (χ3v) is 5.73. The molecule has 0 atom stereocenters. The summed E-state index contributed by atoms with van der Waals surface area (Å²) in [6.45, 7) is 3.64. The van der Waals surface area contributed by atoms with Crippen LogP contribution in [0.3, 0.4) is 0 Å². The lowest BCUT2D eigenvalue weighted by molar-refractivity contribution is 0.445. The highest BCUT2D eigenvalue weighted by atomic mass is 127. The Bertz CT molecular complexity index is 682. The number of sulfonamides is 1. The Morgan fingerprint density at radius 1 is 1.38 bits per heavy atom. The zero-order valence-electron chi connectivity index (χ0n) is 13.9. The van der Waals surface area contributed by atoms with E-state index in [9.17, 15) is 12.8 Å². The van der Waals surface area contributed by atoms with Crippen LogP contribution in [0.15, 0.2) is 23.2 Å². The van der Waals surface area contributed by atoms with E-state index in [2.05, 4.69) is 15.6 Å². The third kappa shape index (κ3) is 5.85. The van der Waals surface area contributed by atoms with Gasteiger partial charge >= 0.3 is 0 Å². The van der Waals surface area contributed by atoms with Crippen LogP contribution < -0.4 is 10.6 Å². The molecular formula is C15H24FIN4O2S. The van der Waals surface area contributed by atoms with Gasteiger partial charge in [-0.25, -0.2) is 17.1 Å². The Kier molecular flexibility index (Phi) is 8.37. The van der Waals surface area contributed by atoms with Gasteiger partial charge in [-0.2, -0.15) is 0 Å². The second-order valence-corrected chi connectivity index (χ2v) is 7.59. The molecule has 2 N–H and O–H groups in total. The minimum atomic E-state index is -3.06. The van der Waals surface area contributed by atoms with E-state index in [1.165, 1.54) is 10.4 Å². The van der Waals surface area contributed by atoms with Crippen molar-refractivity contribution in [3.05, 3.63) is 35.1 Å². The van der Waals surface area contributed by atoms with Gasteiger partial charge in [0.2, 0.25) is 10.0 Å². The van der Waals surface area contributed by atoms with Crippen molar-refractivity contribution in [2.45, 2.75) is 19.9 Å². The van der Waals surface area contributed by atoms with Crippen LogP contribution in [-0.4, -0.2) is 51.1 Å². The van der Waals surface area contributed by atoms with Crippen LogP contribution in [-0.2, 0) is 16.6 Å². The average Bonchev–Trinajstić information content (AvgIpc) is 2.85. The van der Waals surface area contributed by atoms with Crippen LogP contribution >= 0.6 is 24.0 Å². The molecule has 0 spiro atoms. The summed E-state index contributed by atoms with van der Waals surface area (Å²) >= 11 is 0. The highest BCUT2D eigenvalue weighted by Crippen LogP contribution is 2.11. The number of guanidine groups is 1. The molecule has 0 unspecified atom stereocenters. The molecule has 0 aliphatic carbocycles. The fourth-order valence-electron chi connectivity index (χ4n) is 2.39. The maximum absolute atomic E-state index is 13.5. The van der Waals surface area contributed by atoms with Gasteiger partial charge in [0.15, 0.2) is 5.96 Å². The molecule has 6 nitrogen and oxygen atoms in total. The standard InChI is InChI=1S/C15H23FN4O2S.HI/c1-12-4-5-13(10-14(12)16)11-19-15(17-2)18-6-8-20-7-3-9-23(20,21)22;/h4-5,10H,3,6-9,11H2,1-2H3,(H2,17,18,19);1H. The Morgan fingerprint density at radius 2 is 2.12 bits per heavy atom. The number of benzene rings is 1. The number of hydrogen-bond acceptors (Lipinski definition) is 3. The molecule has 1 fully saturated rings. The van der Waals surface area contributed by atoms with Crippen LogP contribution in [0, 0.1) is 12.7 Å². The molecule has 0 saturated carbocycles. The number of nitrogens with one attached hydrogen (secondary N) is 2. The summed E-state index contributed by atoms with van der Waals surface area (Å²) in [7, 11) is -1.43. The highest BCUT2D eigenvalue weighted by Gasteiger charge is 2.27. The predicted octanol–water partition coefficient (Wildman–Crippen LogP) is 1.45. The summed E-state index contributed by atoms with van der Waals surface area (Å²) in [4.78, 5) is 4.08. The van der Waals surface area contributed by atoms with Crippen molar-refractivity contribution in [3.8, 4) is 0 Å². The number of hydrogen-bond donors (Lipinski definition) is 2. The normalized spacial score (nSPS) is 17.4. The van der Waals surface area contributed by atoms with Gasteiger partial charge in [-0.3, -0.25) is 4.99 Å². The predicted molar refractivity (Wildman–Crippen MR) is 105 cm³/mol. The minimum Gasteiger partial charge on any atom is -0.355 e. The average molecular weight is 470 g/mol. The first-order chi connectivity index (χ1) is 10.9. The van der Waals surface area contributed by atoms with E-state index >= 15 is 0 Å². The molecule has 0 amide bonds. The van der Waals surface area contributed by atoms with E-state index in [1.807, 2.05) is 6.07 Å². The summed E-state index contributed by atoms with van der Waals surface area (Å²) in [5, 5.41) is 6.15. The van der Waals surface area contributed by atoms with Gasteiger partial charge < -0.3 is 10.6 Å². The molecule has 1 aliphatic heterocycles. The van der Waals surface area contributed by atoms with Crippen molar-refractivity contribution in [1.29, 1.82) is 0 Å². The second kappa shape index (κ2) is 9.52. The number of aliphatic imine (C=N–C) groups is 1. The molecule has 1 aromatic rings. The maximum Gasteiger partial charge on any atom is 0.214 e. The molecule has 1 aliphatic rings. The van der Waals surface area contributed by atoms with Crippen molar-refractivity contribution in [2.75, 3.05) is 32.4 Å². The van der Waals surface area contributed by atoms with Crippen molar-refractivity contribution < 1.29 is 12.8 Å². The van der Waals surface area contributed by atoms with Crippen LogP contribution in [0.25, 0.3) is 0 Å². The van der Waals surface area contributed by atoms with Crippen LogP contribution in [0.4, 0.5) is 4.39 Å². The van der Waals surface area contributed by atoms with Crippen LogP contribution in [0.2, 0.25) is 0 Å². The van der Waals surface area contributed by atoms with E-state index in [1.54, 1.807) is 20.0 Å². The van der Waals surface area contributed by atoms with E-state index in [0.29, 0.717) is 44.1 Å². The molecule has 136 valence electrons. The Morgan fingerprint density at radius 3 is 2.71 bits per heavy atom. The topological polar surface area (TPSA) is 73.8 Å². The van der Waals surface area contributed by atoms with Crippen molar-refractivity contribution in [3.63, 3.8) is 0 Å². The van der Waals surface area contributed by atoms with Gasteiger partial charge in [0.05, 0.1) is 5.75 Å². The summed E-state index contributed by atoms with van der Waals surface area (Å²) in [5.74, 6) is 0.563. The van der Waals surface area contributed by atoms with Gasteiger partial charge in [-0.1, -0.05) is 12.1 Å². The first-order valence-corrected chi connectivity index (χ1v) is 9.20. The van der Waals surface area contributed by atoms with E-state index in [0.717, 1.165) is 5.56 Å². The molecule has 0 aromatic heterocycles. The number of halogens is 2. The Hall–Kier alpha value is -0.940. The molecule has 1 saturated heterocycles. The van der Waals surface area contributed by atoms with Crippen molar-refractivity contribution in [2.24, 2.45) is 4.99 Å². The van der Waals surface area contributed by atoms with Gasteiger partial charge in [-0.15, -0.1) is 24.0 Å². The third-order valence-electron chi connectivity index (χ3n) is 3.78. The van der Waals surface area contributed by atoms with E-state index < -0.39 is 10.0 Å². The first kappa shape index (κ1) is 21.1. The number of rotatable bonds is 5. The van der Waals surface area contributed by atoms with Crippen LogP contribution in [0.5, 0.6) is 0 Å². The SMILES string of the molecule is CN=C(NCCN1CCCS1(=O)=O)NCc1ccc(C)c(F)c1.I. The fraction of sp³-hybridized carbons (Fsp3) is 0.533. The molecule has 1 aromatic carbocycles. The summed E-state index contributed by atoms with van der Waals surface area (Å²) in [6, 6.07) is 5.09. The quantitative estimate of drug-likeness (QED) is 0.388. The molecule has 24 heavy (non-hydrogen) atoms. The Balaban J connectivity index is 0.00000288. The fourth-order valence-corrected chi connectivity index (χ4v) is 3.92. The maximum atomic E-state index is 13.5. The van der Waals surface area contributed by atoms with E-state index in [4.69, 9.17) is 0 Å². The smallest absolute Gasteiger partial charge is 0.214 e. The molecule has 2 rings (SSSR count). The lowest BCUT2D eigenvalue weighted by Crippen LogP contribution is -2.41. The lowest BCUT2D eigenvalue weighted by Gasteiger charge is -2.16. The Labute approximate surface area is 160 Å². The first-order valence-electron chi connectivity index (χ1n) is 7.60. The van der Waals surface area contributed by atoms with Gasteiger partial charge in [0.25, 0.3) is 0 Å². The molecule has 0 radical (unpaired) electrons. The minimum absolute atomic E-state index is 0. The number of aryl methyl sites for hydroxylation is 1. The lowest BCUT2D eigenvalue weighted by atomic mass is 10.1. The summed E-state index contributed by atoms with van der Waals surface area (Å²) < 4.78 is 38.4. The summed E-state index contributed by atoms with van der Waals surface area (Å²) in [5.41, 5.74) is 1.43. The number of nitrogens with zero attached hydrogens (tertiary/aromatic N) is 2. The van der Waals surface area contributed by atoms with Crippen molar-refractivity contribution in [1.82, 2.24) is 14.9 Å². The monoisotopic (exact) mass is 470 g/mol. The van der Waals surface area contributed by atoms with Gasteiger partial charge in [0, 0.05) is 33.2 Å². The second-order valence-electron chi connectivity index (χ2n) is 5.50. The highest BCUT2D eigenvalue weighted by molar-refractivity contribution is 14.0. The van der Waals surface area contributed by atoms with Gasteiger partial charge in [0.1, 0.15) is 5.82 Å². The van der Waals surface area contributed by atoms with E-state index in [-0.39, 0.29) is 35.5 Å². The molecule has 9 heteroatoms. The molecule has 0 bridgehead atoms. The molecular weight excluding hydrogens is 446 g/mol. The van der Waals surface area contributed by atoms with Gasteiger partial charge in [-0.05, 0) is 30.5 Å². The zero-order chi connectivity index (χ0) is 16.9. The van der Waals surface area contributed by atoms with Crippen LogP contribution in [0.1, 0.15) is 17.5 Å². The largest absolute Gasteiger partial charge is 0.355 e. The van der Waals surface area contributed by atoms with Crippen molar-refractivity contribution >= 4 is 40.0 Å². The molecule has 1 heterocycles.